The Hall–Kier alpha value is -1.21. The molecule has 1 aromatic carbocycles. The van der Waals surface area contributed by atoms with Gasteiger partial charge in [-0.2, -0.15) is 0 Å². The molecule has 7 heteroatoms. The van der Waals surface area contributed by atoms with Gasteiger partial charge < -0.3 is 14.8 Å². The van der Waals surface area contributed by atoms with E-state index < -0.39 is 0 Å². The average molecular weight is 354 g/mol. The van der Waals surface area contributed by atoms with Crippen molar-refractivity contribution in [3.63, 3.8) is 0 Å². The molecule has 1 atom stereocenters. The van der Waals surface area contributed by atoms with Gasteiger partial charge in [-0.25, -0.2) is 0 Å². The maximum atomic E-state index is 11.9. The lowest BCUT2D eigenvalue weighted by atomic mass is 10.0. The van der Waals surface area contributed by atoms with Crippen molar-refractivity contribution in [3.8, 4) is 5.75 Å². The van der Waals surface area contributed by atoms with E-state index in [9.17, 15) is 4.79 Å². The topological polar surface area (TPSA) is 47.6 Å². The molecule has 4 rings (SSSR count). The maximum absolute atomic E-state index is 11.9. The molecular weight excluding hydrogens is 342 g/mol. The molecule has 0 aliphatic carbocycles. The Bertz CT molecular complexity index is 746. The Kier molecular flexibility index (Phi) is 3.78. The minimum Gasteiger partial charge on any atom is -0.467 e. The van der Waals surface area contributed by atoms with E-state index in [4.69, 9.17) is 21.1 Å². The van der Waals surface area contributed by atoms with Crippen LogP contribution in [0.3, 0.4) is 0 Å². The number of thioether (sulfide) groups is 1. The van der Waals surface area contributed by atoms with Crippen molar-refractivity contribution in [2.75, 3.05) is 17.9 Å². The summed E-state index contributed by atoms with van der Waals surface area (Å²) in [4.78, 5) is 13.0. The summed E-state index contributed by atoms with van der Waals surface area (Å²) in [5.74, 6) is 1.26. The highest BCUT2D eigenvalue weighted by atomic mass is 35.5. The van der Waals surface area contributed by atoms with Gasteiger partial charge in [0.25, 0.3) is 0 Å². The summed E-state index contributed by atoms with van der Waals surface area (Å²) < 4.78 is 11.1. The fourth-order valence-corrected chi connectivity index (χ4v) is 5.17. The van der Waals surface area contributed by atoms with Gasteiger partial charge in [0.15, 0.2) is 6.79 Å². The van der Waals surface area contributed by atoms with Crippen LogP contribution in [-0.2, 0) is 16.1 Å². The number of hydrogen-bond acceptors (Lipinski definition) is 5. The Labute approximate surface area is 140 Å². The molecule has 2 aliphatic heterocycles. The maximum Gasteiger partial charge on any atom is 0.234 e. The minimum atomic E-state index is 0.0206. The van der Waals surface area contributed by atoms with Crippen molar-refractivity contribution >= 4 is 46.3 Å². The lowest BCUT2D eigenvalue weighted by Crippen LogP contribution is -2.14. The zero-order chi connectivity index (χ0) is 15.1. The summed E-state index contributed by atoms with van der Waals surface area (Å²) in [6.45, 7) is 0.738. The second kappa shape index (κ2) is 5.77. The Morgan fingerprint density at radius 1 is 1.36 bits per heavy atom. The van der Waals surface area contributed by atoms with Crippen LogP contribution in [0, 0.1) is 0 Å². The molecule has 1 N–H and O–H groups in total. The van der Waals surface area contributed by atoms with Crippen LogP contribution in [0.4, 0.5) is 5.69 Å². The fourth-order valence-electron chi connectivity index (χ4n) is 2.68. The monoisotopic (exact) mass is 353 g/mol. The van der Waals surface area contributed by atoms with Crippen molar-refractivity contribution in [2.45, 2.75) is 11.9 Å². The lowest BCUT2D eigenvalue weighted by Gasteiger charge is -2.24. The standard InChI is InChI=1S/C15H12ClNO3S2/c16-9-3-8-5-19-7-20-13(8)10(4-9)14-15-11(1-2-21-15)17-12(18)6-22-14/h1-4,14H,5-7H2,(H,17,18)/t14-/m1/s1. The third kappa shape index (κ3) is 2.50. The third-order valence-corrected chi connectivity index (χ3v) is 6.18. The minimum absolute atomic E-state index is 0.0206. The van der Waals surface area contributed by atoms with Gasteiger partial charge in [-0.05, 0) is 23.6 Å². The van der Waals surface area contributed by atoms with Crippen molar-refractivity contribution in [2.24, 2.45) is 0 Å². The van der Waals surface area contributed by atoms with Crippen LogP contribution in [0.1, 0.15) is 21.3 Å². The van der Waals surface area contributed by atoms with E-state index in [0.29, 0.717) is 17.4 Å². The smallest absolute Gasteiger partial charge is 0.234 e. The second-order valence-electron chi connectivity index (χ2n) is 5.03. The van der Waals surface area contributed by atoms with Crippen LogP contribution in [0.25, 0.3) is 0 Å². The van der Waals surface area contributed by atoms with Crippen molar-refractivity contribution in [3.05, 3.63) is 44.6 Å². The molecule has 0 radical (unpaired) electrons. The molecule has 114 valence electrons. The van der Waals surface area contributed by atoms with Gasteiger partial charge in [-0.3, -0.25) is 4.79 Å². The number of anilines is 1. The number of nitrogens with one attached hydrogen (secondary N) is 1. The quantitative estimate of drug-likeness (QED) is 0.840. The first-order valence-corrected chi connectivity index (χ1v) is 9.04. The molecule has 0 spiro atoms. The van der Waals surface area contributed by atoms with E-state index in [0.717, 1.165) is 27.4 Å². The molecule has 0 bridgehead atoms. The Morgan fingerprint density at radius 2 is 2.27 bits per heavy atom. The third-order valence-electron chi connectivity index (χ3n) is 3.57. The van der Waals surface area contributed by atoms with E-state index in [1.165, 1.54) is 0 Å². The number of amides is 1. The summed E-state index contributed by atoms with van der Waals surface area (Å²) >= 11 is 9.50. The van der Waals surface area contributed by atoms with E-state index >= 15 is 0 Å². The normalized spacial score (nSPS) is 20.4. The number of fused-ring (bicyclic) bond motifs is 2. The van der Waals surface area contributed by atoms with Crippen LogP contribution in [0.15, 0.2) is 23.6 Å². The van der Waals surface area contributed by atoms with Gasteiger partial charge in [0.05, 0.1) is 23.3 Å². The highest BCUT2D eigenvalue weighted by Crippen LogP contribution is 2.49. The zero-order valence-electron chi connectivity index (χ0n) is 11.4. The number of benzene rings is 1. The van der Waals surface area contributed by atoms with Gasteiger partial charge in [0, 0.05) is 21.0 Å². The first-order chi connectivity index (χ1) is 10.7. The Balaban J connectivity index is 1.85. The van der Waals surface area contributed by atoms with Crippen molar-refractivity contribution in [1.29, 1.82) is 0 Å². The fraction of sp³-hybridized carbons (Fsp3) is 0.267. The number of carbonyl (C=O) groups is 1. The van der Waals surface area contributed by atoms with E-state index in [1.54, 1.807) is 23.1 Å². The number of hydrogen-bond donors (Lipinski definition) is 1. The average Bonchev–Trinajstić information content (AvgIpc) is 2.89. The first kappa shape index (κ1) is 14.4. The number of carbonyl (C=O) groups excluding carboxylic acids is 1. The molecule has 0 saturated carbocycles. The van der Waals surface area contributed by atoms with Gasteiger partial charge in [0.2, 0.25) is 5.91 Å². The van der Waals surface area contributed by atoms with E-state index in [1.807, 2.05) is 23.6 Å². The predicted octanol–water partition coefficient (Wildman–Crippen LogP) is 4.04. The van der Waals surface area contributed by atoms with Gasteiger partial charge >= 0.3 is 0 Å². The molecule has 0 fully saturated rings. The Morgan fingerprint density at radius 3 is 3.18 bits per heavy atom. The summed E-state index contributed by atoms with van der Waals surface area (Å²) in [7, 11) is 0. The summed E-state index contributed by atoms with van der Waals surface area (Å²) in [5.41, 5.74) is 2.85. The lowest BCUT2D eigenvalue weighted by molar-refractivity contribution is -0.113. The molecule has 22 heavy (non-hydrogen) atoms. The molecule has 3 heterocycles. The summed E-state index contributed by atoms with van der Waals surface area (Å²) in [6.07, 6.45) is 0. The van der Waals surface area contributed by atoms with Crippen LogP contribution < -0.4 is 10.1 Å². The molecule has 0 saturated heterocycles. The van der Waals surface area contributed by atoms with Crippen molar-refractivity contribution in [1.82, 2.24) is 0 Å². The molecule has 4 nitrogen and oxygen atoms in total. The number of rotatable bonds is 1. The van der Waals surface area contributed by atoms with E-state index in [-0.39, 0.29) is 18.0 Å². The van der Waals surface area contributed by atoms with Gasteiger partial charge in [-0.15, -0.1) is 23.1 Å². The zero-order valence-corrected chi connectivity index (χ0v) is 13.8. The van der Waals surface area contributed by atoms with Crippen LogP contribution in [-0.4, -0.2) is 18.5 Å². The van der Waals surface area contributed by atoms with Crippen molar-refractivity contribution < 1.29 is 14.3 Å². The highest BCUT2D eigenvalue weighted by Gasteiger charge is 2.30. The summed E-state index contributed by atoms with van der Waals surface area (Å²) in [5, 5.41) is 5.62. The highest BCUT2D eigenvalue weighted by molar-refractivity contribution is 8.00. The van der Waals surface area contributed by atoms with Gasteiger partial charge in [-0.1, -0.05) is 11.6 Å². The molecule has 0 unspecified atom stereocenters. The predicted molar refractivity (Wildman–Crippen MR) is 89.0 cm³/mol. The largest absolute Gasteiger partial charge is 0.467 e. The molecule has 1 aromatic heterocycles. The van der Waals surface area contributed by atoms with Gasteiger partial charge in [0.1, 0.15) is 5.75 Å². The molecular formula is C15H12ClNO3S2. The molecule has 2 aromatic rings. The molecule has 2 aliphatic rings. The number of halogens is 1. The van der Waals surface area contributed by atoms with Crippen LogP contribution >= 0.6 is 34.7 Å². The van der Waals surface area contributed by atoms with Crippen LogP contribution in [0.2, 0.25) is 5.02 Å². The number of ether oxygens (including phenoxy) is 2. The van der Waals surface area contributed by atoms with E-state index in [2.05, 4.69) is 5.32 Å². The van der Waals surface area contributed by atoms with Crippen LogP contribution in [0.5, 0.6) is 5.75 Å². The SMILES string of the molecule is O=C1CS[C@H](c2cc(Cl)cc3c2OCOC3)c2sccc2N1. The summed E-state index contributed by atoms with van der Waals surface area (Å²) in [6, 6.07) is 5.75. The first-order valence-electron chi connectivity index (χ1n) is 6.74. The molecule has 1 amide bonds. The second-order valence-corrected chi connectivity index (χ2v) is 7.51. The number of thiophene rings is 1.